The number of nitrogens with zero attached hydrogens (tertiary/aromatic N) is 1. The second-order valence-corrected chi connectivity index (χ2v) is 3.44. The highest BCUT2D eigenvalue weighted by Crippen LogP contribution is 2.13. The Morgan fingerprint density at radius 2 is 1.60 bits per heavy atom. The van der Waals surface area contributed by atoms with Crippen LogP contribution in [-0.4, -0.2) is 34.6 Å². The summed E-state index contributed by atoms with van der Waals surface area (Å²) in [6, 6.07) is 5.70. The molecule has 1 heterocycles. The Morgan fingerprint density at radius 1 is 1.13 bits per heavy atom. The van der Waals surface area contributed by atoms with Gasteiger partial charge in [-0.05, 0) is 30.7 Å². The average molecular weight is 209 g/mol. The molecule has 1 fully saturated rings. The SMILES string of the molecule is CN1CCCC1=O.Oc1ccc(O)cc1. The summed E-state index contributed by atoms with van der Waals surface area (Å²) in [4.78, 5) is 12.3. The molecule has 1 aliphatic heterocycles. The predicted octanol–water partition coefficient (Wildman–Crippen LogP) is 1.34. The topological polar surface area (TPSA) is 60.8 Å². The number of rotatable bonds is 0. The van der Waals surface area contributed by atoms with Crippen LogP contribution in [0, 0.1) is 0 Å². The maximum atomic E-state index is 10.5. The largest absolute Gasteiger partial charge is 0.508 e. The minimum atomic E-state index is 0.169. The summed E-state index contributed by atoms with van der Waals surface area (Å²) < 4.78 is 0. The van der Waals surface area contributed by atoms with Gasteiger partial charge in [-0.25, -0.2) is 0 Å². The van der Waals surface area contributed by atoms with Crippen molar-refractivity contribution in [2.45, 2.75) is 12.8 Å². The number of phenolic OH excluding ortho intramolecular Hbond substituents is 2. The molecule has 0 bridgehead atoms. The van der Waals surface area contributed by atoms with Crippen LogP contribution < -0.4 is 0 Å². The standard InChI is InChI=1S/C6H6O2.C5H9NO/c7-5-1-2-6(8)4-3-5;1-6-4-2-3-5(6)7/h1-4,7-8H;2-4H2,1H3. The fourth-order valence-corrected chi connectivity index (χ4v) is 1.24. The number of carbonyl (C=O) groups excluding carboxylic acids is 1. The molecule has 15 heavy (non-hydrogen) atoms. The molecular weight excluding hydrogens is 194 g/mol. The minimum absolute atomic E-state index is 0.169. The first-order valence-electron chi connectivity index (χ1n) is 4.81. The van der Waals surface area contributed by atoms with E-state index in [1.165, 1.54) is 24.3 Å². The summed E-state index contributed by atoms with van der Waals surface area (Å²) in [7, 11) is 1.84. The van der Waals surface area contributed by atoms with E-state index in [1.54, 1.807) is 4.90 Å². The second kappa shape index (κ2) is 5.24. The molecule has 0 aliphatic carbocycles. The molecule has 1 aromatic rings. The summed E-state index contributed by atoms with van der Waals surface area (Å²) in [5.41, 5.74) is 0. The molecule has 2 rings (SSSR count). The lowest BCUT2D eigenvalue weighted by Crippen LogP contribution is -2.17. The zero-order valence-corrected chi connectivity index (χ0v) is 8.68. The van der Waals surface area contributed by atoms with E-state index in [0.717, 1.165) is 19.4 Å². The zero-order chi connectivity index (χ0) is 11.3. The second-order valence-electron chi connectivity index (χ2n) is 3.44. The lowest BCUT2D eigenvalue weighted by Gasteiger charge is -2.03. The molecular formula is C11H15NO3. The normalized spacial score (nSPS) is 14.7. The maximum absolute atomic E-state index is 10.5. The first-order chi connectivity index (χ1) is 7.09. The molecule has 0 unspecified atom stereocenters. The van der Waals surface area contributed by atoms with E-state index in [0.29, 0.717) is 5.91 Å². The van der Waals surface area contributed by atoms with Gasteiger partial charge in [-0.3, -0.25) is 4.79 Å². The molecule has 0 saturated carbocycles. The number of amides is 1. The molecule has 1 aromatic carbocycles. The van der Waals surface area contributed by atoms with Crippen molar-refractivity contribution < 1.29 is 15.0 Å². The number of likely N-dealkylation sites (tertiary alicyclic amines) is 1. The Morgan fingerprint density at radius 3 is 1.80 bits per heavy atom. The van der Waals surface area contributed by atoms with Crippen LogP contribution in [0.2, 0.25) is 0 Å². The van der Waals surface area contributed by atoms with E-state index in [2.05, 4.69) is 0 Å². The number of carbonyl (C=O) groups is 1. The van der Waals surface area contributed by atoms with Crippen molar-refractivity contribution in [2.24, 2.45) is 0 Å². The fourth-order valence-electron chi connectivity index (χ4n) is 1.24. The third-order valence-electron chi connectivity index (χ3n) is 2.16. The minimum Gasteiger partial charge on any atom is -0.508 e. The van der Waals surface area contributed by atoms with Gasteiger partial charge in [-0.2, -0.15) is 0 Å². The number of phenols is 2. The summed E-state index contributed by atoms with van der Waals surface area (Å²) in [6.45, 7) is 0.957. The maximum Gasteiger partial charge on any atom is 0.222 e. The quantitative estimate of drug-likeness (QED) is 0.634. The Kier molecular flexibility index (Phi) is 3.97. The van der Waals surface area contributed by atoms with Crippen LogP contribution in [0.5, 0.6) is 11.5 Å². The molecule has 1 saturated heterocycles. The third kappa shape index (κ3) is 3.89. The molecule has 2 N–H and O–H groups in total. The van der Waals surface area contributed by atoms with Gasteiger partial charge in [0.25, 0.3) is 0 Å². The molecule has 0 atom stereocenters. The lowest BCUT2D eigenvalue weighted by atomic mass is 10.3. The van der Waals surface area contributed by atoms with Gasteiger partial charge in [0.1, 0.15) is 11.5 Å². The van der Waals surface area contributed by atoms with Crippen LogP contribution in [-0.2, 0) is 4.79 Å². The van der Waals surface area contributed by atoms with Crippen LogP contribution in [0.15, 0.2) is 24.3 Å². The van der Waals surface area contributed by atoms with Crippen molar-refractivity contribution >= 4 is 5.91 Å². The number of benzene rings is 1. The van der Waals surface area contributed by atoms with Crippen molar-refractivity contribution in [3.8, 4) is 11.5 Å². The number of hydrogen-bond donors (Lipinski definition) is 2. The molecule has 4 heteroatoms. The van der Waals surface area contributed by atoms with E-state index < -0.39 is 0 Å². The molecule has 1 amide bonds. The van der Waals surface area contributed by atoms with Gasteiger partial charge in [-0.1, -0.05) is 0 Å². The highest BCUT2D eigenvalue weighted by Gasteiger charge is 2.14. The van der Waals surface area contributed by atoms with Gasteiger partial charge >= 0.3 is 0 Å². The highest BCUT2D eigenvalue weighted by atomic mass is 16.3. The van der Waals surface area contributed by atoms with E-state index in [1.807, 2.05) is 7.05 Å². The van der Waals surface area contributed by atoms with Crippen LogP contribution in [0.25, 0.3) is 0 Å². The van der Waals surface area contributed by atoms with Crippen LogP contribution in [0.4, 0.5) is 0 Å². The van der Waals surface area contributed by atoms with Crippen molar-refractivity contribution in [1.82, 2.24) is 4.90 Å². The molecule has 0 spiro atoms. The Balaban J connectivity index is 0.000000151. The van der Waals surface area contributed by atoms with Crippen molar-refractivity contribution in [1.29, 1.82) is 0 Å². The van der Waals surface area contributed by atoms with E-state index in [4.69, 9.17) is 10.2 Å². The van der Waals surface area contributed by atoms with Crippen molar-refractivity contribution in [2.75, 3.05) is 13.6 Å². The van der Waals surface area contributed by atoms with Crippen LogP contribution >= 0.6 is 0 Å². The van der Waals surface area contributed by atoms with Gasteiger partial charge in [0, 0.05) is 20.0 Å². The first kappa shape index (κ1) is 11.4. The molecule has 4 nitrogen and oxygen atoms in total. The van der Waals surface area contributed by atoms with Crippen LogP contribution in [0.3, 0.4) is 0 Å². The molecule has 1 aliphatic rings. The molecule has 82 valence electrons. The Labute approximate surface area is 88.8 Å². The van der Waals surface area contributed by atoms with E-state index in [9.17, 15) is 4.79 Å². The van der Waals surface area contributed by atoms with Crippen LogP contribution in [0.1, 0.15) is 12.8 Å². The number of aromatic hydroxyl groups is 2. The lowest BCUT2D eigenvalue weighted by molar-refractivity contribution is -0.126. The summed E-state index contributed by atoms with van der Waals surface area (Å²) in [6.07, 6.45) is 1.81. The summed E-state index contributed by atoms with van der Waals surface area (Å²) in [5.74, 6) is 0.630. The number of hydrogen-bond acceptors (Lipinski definition) is 3. The highest BCUT2D eigenvalue weighted by molar-refractivity contribution is 5.77. The Hall–Kier alpha value is -1.71. The molecule has 0 radical (unpaired) electrons. The van der Waals surface area contributed by atoms with E-state index in [-0.39, 0.29) is 11.5 Å². The molecule has 0 aromatic heterocycles. The fraction of sp³-hybridized carbons (Fsp3) is 0.364. The summed E-state index contributed by atoms with van der Waals surface area (Å²) in [5, 5.41) is 17.3. The van der Waals surface area contributed by atoms with Gasteiger partial charge in [0.2, 0.25) is 5.91 Å². The predicted molar refractivity (Wildman–Crippen MR) is 56.6 cm³/mol. The zero-order valence-electron chi connectivity index (χ0n) is 8.68. The van der Waals surface area contributed by atoms with Crippen molar-refractivity contribution in [3.63, 3.8) is 0 Å². The third-order valence-corrected chi connectivity index (χ3v) is 2.16. The first-order valence-corrected chi connectivity index (χ1v) is 4.81. The van der Waals surface area contributed by atoms with Gasteiger partial charge < -0.3 is 15.1 Å². The summed E-state index contributed by atoms with van der Waals surface area (Å²) >= 11 is 0. The van der Waals surface area contributed by atoms with Gasteiger partial charge in [-0.15, -0.1) is 0 Å². The monoisotopic (exact) mass is 209 g/mol. The van der Waals surface area contributed by atoms with Gasteiger partial charge in [0.15, 0.2) is 0 Å². The Bertz CT molecular complexity index is 300. The van der Waals surface area contributed by atoms with Gasteiger partial charge in [0.05, 0.1) is 0 Å². The van der Waals surface area contributed by atoms with E-state index >= 15 is 0 Å². The smallest absolute Gasteiger partial charge is 0.222 e. The average Bonchev–Trinajstić information content (AvgIpc) is 2.57. The van der Waals surface area contributed by atoms with Crippen molar-refractivity contribution in [3.05, 3.63) is 24.3 Å².